The molecule has 2 aromatic heterocycles. The van der Waals surface area contributed by atoms with Gasteiger partial charge in [0.2, 0.25) is 10.0 Å². The lowest BCUT2D eigenvalue weighted by atomic mass is 10.0. The number of hydrogen-bond acceptors (Lipinski definition) is 7. The smallest absolute Gasteiger partial charge is 0.252 e. The Kier molecular flexibility index (Phi) is 8.63. The molecule has 36 heavy (non-hydrogen) atoms. The lowest BCUT2D eigenvalue weighted by Crippen LogP contribution is -2.40. The number of rotatable bonds is 10. The number of pyridine rings is 2. The summed E-state index contributed by atoms with van der Waals surface area (Å²) in [6, 6.07) is 10.2. The zero-order chi connectivity index (χ0) is 25.5. The van der Waals surface area contributed by atoms with Gasteiger partial charge in [-0.25, -0.2) is 13.4 Å². The number of aromatic nitrogens is 2. The second-order valence-corrected chi connectivity index (χ2v) is 10.6. The zero-order valence-electron chi connectivity index (χ0n) is 20.8. The van der Waals surface area contributed by atoms with Crippen LogP contribution in [0.25, 0.3) is 22.2 Å². The van der Waals surface area contributed by atoms with E-state index in [4.69, 9.17) is 9.72 Å². The molecule has 10 heteroatoms. The van der Waals surface area contributed by atoms with Crippen molar-refractivity contribution in [1.82, 2.24) is 24.5 Å². The molecule has 4 rings (SSSR count). The van der Waals surface area contributed by atoms with E-state index < -0.39 is 10.0 Å². The molecule has 0 unspecified atom stereocenters. The van der Waals surface area contributed by atoms with E-state index in [9.17, 15) is 13.2 Å². The van der Waals surface area contributed by atoms with Crippen LogP contribution < -0.4 is 5.32 Å². The van der Waals surface area contributed by atoms with Gasteiger partial charge in [0, 0.05) is 43.0 Å². The summed E-state index contributed by atoms with van der Waals surface area (Å²) >= 11 is 0. The number of morpholine rings is 1. The van der Waals surface area contributed by atoms with Crippen molar-refractivity contribution in [3.8, 4) is 11.3 Å². The van der Waals surface area contributed by atoms with Crippen LogP contribution in [0.5, 0.6) is 0 Å². The van der Waals surface area contributed by atoms with Crippen LogP contribution in [0, 0.1) is 0 Å². The first-order valence-corrected chi connectivity index (χ1v) is 13.8. The summed E-state index contributed by atoms with van der Waals surface area (Å²) in [6.07, 6.45) is 4.17. The van der Waals surface area contributed by atoms with E-state index in [2.05, 4.69) is 29.0 Å². The first kappa shape index (κ1) is 26.2. The molecule has 1 aromatic carbocycles. The summed E-state index contributed by atoms with van der Waals surface area (Å²) in [7, 11) is -3.71. The molecule has 192 valence electrons. The Morgan fingerprint density at radius 2 is 1.81 bits per heavy atom. The Labute approximate surface area is 212 Å². The van der Waals surface area contributed by atoms with Gasteiger partial charge in [0.05, 0.1) is 34.9 Å². The fraction of sp³-hybridized carbons (Fsp3) is 0.423. The van der Waals surface area contributed by atoms with Crippen molar-refractivity contribution in [3.63, 3.8) is 0 Å². The third-order valence-corrected chi connectivity index (χ3v) is 8.33. The fourth-order valence-corrected chi connectivity index (χ4v) is 5.73. The fourth-order valence-electron chi connectivity index (χ4n) is 4.30. The molecule has 1 aliphatic rings. The van der Waals surface area contributed by atoms with E-state index in [1.807, 2.05) is 12.1 Å². The molecule has 9 nitrogen and oxygen atoms in total. The summed E-state index contributed by atoms with van der Waals surface area (Å²) in [5.74, 6) is -0.252. The molecule has 1 fully saturated rings. The standard InChI is InChI=1S/C26H33N5O4S/c1-3-30(4-2)13-5-10-28-26(32)23-19-25(20-8-11-27-12-9-20)29-24-7-6-21(18-22(23)24)36(33,34)31-14-16-35-17-15-31/h6-9,11-12,18-19H,3-5,10,13-17H2,1-2H3,(H,28,32). The molecule has 1 aliphatic heterocycles. The van der Waals surface area contributed by atoms with Crippen LogP contribution >= 0.6 is 0 Å². The van der Waals surface area contributed by atoms with Crippen LogP contribution in [-0.2, 0) is 14.8 Å². The van der Waals surface area contributed by atoms with Gasteiger partial charge >= 0.3 is 0 Å². The van der Waals surface area contributed by atoms with Crippen LogP contribution in [0.1, 0.15) is 30.6 Å². The molecule has 0 aliphatic carbocycles. The van der Waals surface area contributed by atoms with Crippen molar-refractivity contribution >= 4 is 26.8 Å². The maximum atomic E-state index is 13.3. The highest BCUT2D eigenvalue weighted by molar-refractivity contribution is 7.89. The van der Waals surface area contributed by atoms with Crippen molar-refractivity contribution in [2.75, 3.05) is 52.5 Å². The molecule has 0 radical (unpaired) electrons. The average Bonchev–Trinajstić information content (AvgIpc) is 2.93. The molecular weight excluding hydrogens is 478 g/mol. The third kappa shape index (κ3) is 5.89. The maximum Gasteiger partial charge on any atom is 0.252 e. The van der Waals surface area contributed by atoms with Gasteiger partial charge in [-0.05, 0) is 62.5 Å². The number of nitrogens with one attached hydrogen (secondary N) is 1. The van der Waals surface area contributed by atoms with Gasteiger partial charge in [0.1, 0.15) is 0 Å². The lowest BCUT2D eigenvalue weighted by molar-refractivity contribution is 0.0730. The average molecular weight is 512 g/mol. The number of benzene rings is 1. The summed E-state index contributed by atoms with van der Waals surface area (Å²) < 4.78 is 33.3. The lowest BCUT2D eigenvalue weighted by Gasteiger charge is -2.26. The van der Waals surface area contributed by atoms with Crippen molar-refractivity contribution in [3.05, 3.63) is 54.4 Å². The van der Waals surface area contributed by atoms with Gasteiger partial charge in [-0.3, -0.25) is 9.78 Å². The molecule has 3 heterocycles. The quantitative estimate of drug-likeness (QED) is 0.417. The van der Waals surface area contributed by atoms with Gasteiger partial charge in [0.25, 0.3) is 5.91 Å². The van der Waals surface area contributed by atoms with Crippen LogP contribution in [-0.4, -0.2) is 86.0 Å². The van der Waals surface area contributed by atoms with Crippen molar-refractivity contribution < 1.29 is 17.9 Å². The number of carbonyl (C=O) groups excluding carboxylic acids is 1. The van der Waals surface area contributed by atoms with Gasteiger partial charge in [0.15, 0.2) is 0 Å². The molecule has 0 bridgehead atoms. The number of hydrogen-bond donors (Lipinski definition) is 1. The molecule has 1 N–H and O–H groups in total. The Bertz CT molecular complexity index is 1290. The van der Waals surface area contributed by atoms with E-state index >= 15 is 0 Å². The molecule has 1 amide bonds. The van der Waals surface area contributed by atoms with Crippen LogP contribution in [0.4, 0.5) is 0 Å². The highest BCUT2D eigenvalue weighted by Crippen LogP contribution is 2.28. The second kappa shape index (κ2) is 11.9. The summed E-state index contributed by atoms with van der Waals surface area (Å²) in [6.45, 7) is 8.94. The normalized spacial score (nSPS) is 14.9. The molecule has 3 aromatic rings. The minimum absolute atomic E-state index is 0.144. The zero-order valence-corrected chi connectivity index (χ0v) is 21.6. The third-order valence-electron chi connectivity index (χ3n) is 6.44. The molecule has 1 saturated heterocycles. The Morgan fingerprint density at radius 3 is 2.50 bits per heavy atom. The Balaban J connectivity index is 1.69. The highest BCUT2D eigenvalue weighted by Gasteiger charge is 2.27. The first-order valence-electron chi connectivity index (χ1n) is 12.4. The molecular formula is C26H33N5O4S. The Morgan fingerprint density at radius 1 is 1.08 bits per heavy atom. The topological polar surface area (TPSA) is 105 Å². The van der Waals surface area contributed by atoms with E-state index in [0.717, 1.165) is 31.6 Å². The van der Waals surface area contributed by atoms with Crippen molar-refractivity contribution in [2.45, 2.75) is 25.2 Å². The molecule has 0 spiro atoms. The molecule has 0 atom stereocenters. The summed E-state index contributed by atoms with van der Waals surface area (Å²) in [4.78, 5) is 24.6. The van der Waals surface area contributed by atoms with Gasteiger partial charge < -0.3 is 15.0 Å². The Hall–Kier alpha value is -2.92. The minimum atomic E-state index is -3.71. The van der Waals surface area contributed by atoms with Crippen LogP contribution in [0.3, 0.4) is 0 Å². The number of nitrogens with zero attached hydrogens (tertiary/aromatic N) is 4. The van der Waals surface area contributed by atoms with E-state index in [1.165, 1.54) is 4.31 Å². The van der Waals surface area contributed by atoms with E-state index in [0.29, 0.717) is 55.0 Å². The predicted molar refractivity (Wildman–Crippen MR) is 139 cm³/mol. The number of fused-ring (bicyclic) bond motifs is 1. The maximum absolute atomic E-state index is 13.3. The SMILES string of the molecule is CCN(CC)CCCNC(=O)c1cc(-c2ccncc2)nc2ccc(S(=O)(=O)N3CCOCC3)cc12. The predicted octanol–water partition coefficient (Wildman–Crippen LogP) is 2.78. The molecule has 0 saturated carbocycles. The van der Waals surface area contributed by atoms with Crippen molar-refractivity contribution in [2.24, 2.45) is 0 Å². The number of carbonyl (C=O) groups is 1. The monoisotopic (exact) mass is 511 g/mol. The number of ether oxygens (including phenoxy) is 1. The summed E-state index contributed by atoms with van der Waals surface area (Å²) in [5.41, 5.74) is 2.40. The second-order valence-electron chi connectivity index (χ2n) is 8.62. The van der Waals surface area contributed by atoms with Crippen molar-refractivity contribution in [1.29, 1.82) is 0 Å². The van der Waals surface area contributed by atoms with Gasteiger partial charge in [-0.2, -0.15) is 4.31 Å². The van der Waals surface area contributed by atoms with E-state index in [-0.39, 0.29) is 10.8 Å². The first-order chi connectivity index (χ1) is 17.4. The summed E-state index contributed by atoms with van der Waals surface area (Å²) in [5, 5.41) is 3.52. The van der Waals surface area contributed by atoms with Gasteiger partial charge in [-0.15, -0.1) is 0 Å². The van der Waals surface area contributed by atoms with Gasteiger partial charge in [-0.1, -0.05) is 13.8 Å². The minimum Gasteiger partial charge on any atom is -0.379 e. The van der Waals surface area contributed by atoms with Crippen LogP contribution in [0.15, 0.2) is 53.7 Å². The largest absolute Gasteiger partial charge is 0.379 e. The van der Waals surface area contributed by atoms with Crippen LogP contribution in [0.2, 0.25) is 0 Å². The van der Waals surface area contributed by atoms with E-state index in [1.54, 1.807) is 36.7 Å². The number of sulfonamides is 1. The number of amides is 1. The highest BCUT2D eigenvalue weighted by atomic mass is 32.2.